The van der Waals surface area contributed by atoms with Crippen molar-refractivity contribution in [2.45, 2.75) is 20.8 Å². The number of hydrogen-bond donors (Lipinski definition) is 0. The Labute approximate surface area is 246 Å². The van der Waals surface area contributed by atoms with Crippen LogP contribution >= 0.6 is 0 Å². The van der Waals surface area contributed by atoms with E-state index in [1.807, 2.05) is 0 Å². The molecular formula is C38H32Zr. The van der Waals surface area contributed by atoms with Crippen LogP contribution in [-0.4, -0.2) is 3.21 Å². The van der Waals surface area contributed by atoms with Crippen molar-refractivity contribution in [3.05, 3.63) is 167 Å². The molecule has 7 rings (SSSR count). The molecule has 188 valence electrons. The Morgan fingerprint density at radius 3 is 1.49 bits per heavy atom. The van der Waals surface area contributed by atoms with Crippen LogP contribution in [0, 0.1) is 20.8 Å². The first-order valence-electron chi connectivity index (χ1n) is 13.4. The van der Waals surface area contributed by atoms with Gasteiger partial charge in [0.05, 0.1) is 0 Å². The van der Waals surface area contributed by atoms with Crippen LogP contribution in [0.1, 0.15) is 27.8 Å². The first-order valence-corrected chi connectivity index (χ1v) is 14.6. The Hall–Kier alpha value is -3.67. The SMILES string of the molecule is Cc1cc2ccccc2[cH-]1.Cc1ccc2c(c1)[cH-]c1cc(C)ccc12.[Zr+2]=[C](c1ccccc1)c1ccccc1. The average Bonchev–Trinajstić information content (AvgIpc) is 3.52. The molecule has 7 aromatic carbocycles. The van der Waals surface area contributed by atoms with E-state index in [4.69, 9.17) is 0 Å². The van der Waals surface area contributed by atoms with Gasteiger partial charge < -0.3 is 0 Å². The van der Waals surface area contributed by atoms with E-state index in [1.54, 1.807) is 0 Å². The molecule has 0 aliphatic rings. The quantitative estimate of drug-likeness (QED) is 0.179. The zero-order chi connectivity index (χ0) is 27.2. The molecule has 0 saturated carbocycles. The molecular weight excluding hydrogens is 548 g/mol. The van der Waals surface area contributed by atoms with E-state index in [-0.39, 0.29) is 0 Å². The van der Waals surface area contributed by atoms with Gasteiger partial charge in [0.15, 0.2) is 0 Å². The van der Waals surface area contributed by atoms with Crippen LogP contribution in [0.4, 0.5) is 0 Å². The van der Waals surface area contributed by atoms with Crippen molar-refractivity contribution >= 4 is 35.5 Å². The molecule has 1 heteroatoms. The summed E-state index contributed by atoms with van der Waals surface area (Å²) < 4.78 is 1.42. The summed E-state index contributed by atoms with van der Waals surface area (Å²) in [7, 11) is 0. The summed E-state index contributed by atoms with van der Waals surface area (Å²) in [5.74, 6) is 0. The van der Waals surface area contributed by atoms with Crippen LogP contribution in [0.15, 0.2) is 140 Å². The zero-order valence-electron chi connectivity index (χ0n) is 22.8. The molecule has 0 heterocycles. The molecule has 0 saturated heterocycles. The molecule has 0 radical (unpaired) electrons. The predicted molar refractivity (Wildman–Crippen MR) is 167 cm³/mol. The van der Waals surface area contributed by atoms with E-state index in [0.717, 1.165) is 0 Å². The second kappa shape index (κ2) is 12.5. The van der Waals surface area contributed by atoms with Gasteiger partial charge in [0.25, 0.3) is 0 Å². The predicted octanol–water partition coefficient (Wildman–Crippen LogP) is 10.00. The van der Waals surface area contributed by atoms with Gasteiger partial charge in [-0.15, -0.1) is 80.3 Å². The monoisotopic (exact) mass is 578 g/mol. The molecule has 0 atom stereocenters. The van der Waals surface area contributed by atoms with Crippen molar-refractivity contribution in [2.24, 2.45) is 0 Å². The van der Waals surface area contributed by atoms with Crippen LogP contribution in [-0.2, 0) is 24.2 Å². The normalized spacial score (nSPS) is 10.6. The van der Waals surface area contributed by atoms with Gasteiger partial charge in [0.2, 0.25) is 0 Å². The fourth-order valence-electron chi connectivity index (χ4n) is 4.94. The van der Waals surface area contributed by atoms with Crippen molar-refractivity contribution in [3.63, 3.8) is 0 Å². The van der Waals surface area contributed by atoms with Gasteiger partial charge in [-0.05, 0) is 13.8 Å². The maximum atomic E-state index is 2.28. The van der Waals surface area contributed by atoms with Crippen molar-refractivity contribution < 1.29 is 24.2 Å². The Morgan fingerprint density at radius 2 is 0.974 bits per heavy atom. The molecule has 0 unspecified atom stereocenters. The van der Waals surface area contributed by atoms with Crippen molar-refractivity contribution in [3.8, 4) is 0 Å². The van der Waals surface area contributed by atoms with Gasteiger partial charge in [-0.2, -0.15) is 6.07 Å². The number of benzene rings is 5. The summed E-state index contributed by atoms with van der Waals surface area (Å²) in [4.78, 5) is 0. The van der Waals surface area contributed by atoms with Gasteiger partial charge in [-0.25, -0.2) is 0 Å². The molecule has 0 bridgehead atoms. The molecule has 7 aromatic rings. The third-order valence-electron chi connectivity index (χ3n) is 6.90. The van der Waals surface area contributed by atoms with E-state index in [2.05, 4.69) is 160 Å². The van der Waals surface area contributed by atoms with Gasteiger partial charge in [0.1, 0.15) is 0 Å². The van der Waals surface area contributed by atoms with E-state index in [0.29, 0.717) is 0 Å². The minimum atomic E-state index is 1.33. The third-order valence-corrected chi connectivity index (χ3v) is 8.32. The molecule has 0 aliphatic carbocycles. The van der Waals surface area contributed by atoms with Crippen LogP contribution in [0.25, 0.3) is 32.3 Å². The Bertz CT molecular complexity index is 1700. The van der Waals surface area contributed by atoms with E-state index in [1.165, 1.54) is 87.6 Å². The van der Waals surface area contributed by atoms with Crippen LogP contribution in [0.5, 0.6) is 0 Å². The second-order valence-corrected chi connectivity index (χ2v) is 11.3. The van der Waals surface area contributed by atoms with Gasteiger partial charge >= 0.3 is 99.2 Å². The van der Waals surface area contributed by atoms with Gasteiger partial charge in [0, 0.05) is 0 Å². The van der Waals surface area contributed by atoms with Gasteiger partial charge in [-0.1, -0.05) is 48.4 Å². The number of aryl methyl sites for hydroxylation is 3. The molecule has 0 spiro atoms. The molecule has 0 amide bonds. The van der Waals surface area contributed by atoms with E-state index >= 15 is 0 Å². The summed E-state index contributed by atoms with van der Waals surface area (Å²) in [6.45, 7) is 6.41. The molecule has 0 aromatic heterocycles. The second-order valence-electron chi connectivity index (χ2n) is 10.1. The van der Waals surface area contributed by atoms with Crippen molar-refractivity contribution in [1.82, 2.24) is 0 Å². The molecule has 0 fully saturated rings. The van der Waals surface area contributed by atoms with E-state index < -0.39 is 0 Å². The fraction of sp³-hybridized carbons (Fsp3) is 0.0789. The standard InChI is InChI=1S/C15H13.C13H10.C10H9.Zr/c1-10-3-5-14-12(7-10)9-13-8-11(2)4-6-15(13)14;1-3-7-12(8-4-1)11-13-9-5-2-6-10-13;1-8-6-9-4-2-3-5-10(9)7-8;/h3-9H,1-2H3;1-10H;2-7H,1H3;/q-1;;-1;+2. The first-order chi connectivity index (χ1) is 19.0. The van der Waals surface area contributed by atoms with Crippen molar-refractivity contribution in [1.29, 1.82) is 0 Å². The third kappa shape index (κ3) is 6.67. The molecule has 39 heavy (non-hydrogen) atoms. The zero-order valence-corrected chi connectivity index (χ0v) is 25.2. The van der Waals surface area contributed by atoms with Crippen molar-refractivity contribution in [2.75, 3.05) is 0 Å². The average molecular weight is 580 g/mol. The Balaban J connectivity index is 0.000000121. The minimum absolute atomic E-state index is 1.33. The summed E-state index contributed by atoms with van der Waals surface area (Å²) in [5.41, 5.74) is 6.67. The topological polar surface area (TPSA) is 0 Å². The Morgan fingerprint density at radius 1 is 0.487 bits per heavy atom. The molecule has 0 nitrogen and oxygen atoms in total. The van der Waals surface area contributed by atoms with Crippen LogP contribution < -0.4 is 0 Å². The first kappa shape index (κ1) is 26.9. The molecule has 0 aliphatic heterocycles. The number of fused-ring (bicyclic) bond motifs is 4. The summed E-state index contributed by atoms with van der Waals surface area (Å²) in [6, 6.07) is 49.5. The van der Waals surface area contributed by atoms with E-state index in [9.17, 15) is 0 Å². The summed E-state index contributed by atoms with van der Waals surface area (Å²) >= 11 is 1.46. The summed E-state index contributed by atoms with van der Waals surface area (Å²) in [5, 5.41) is 8.15. The summed E-state index contributed by atoms with van der Waals surface area (Å²) in [6.07, 6.45) is 0. The van der Waals surface area contributed by atoms with Gasteiger partial charge in [-0.3, -0.25) is 0 Å². The van der Waals surface area contributed by atoms with Crippen LogP contribution in [0.3, 0.4) is 0 Å². The maximum absolute atomic E-state index is 2.28. The fourth-order valence-corrected chi connectivity index (χ4v) is 5.76. The van der Waals surface area contributed by atoms with Crippen LogP contribution in [0.2, 0.25) is 0 Å². The Kier molecular flexibility index (Phi) is 8.60. The number of rotatable bonds is 2. The number of hydrogen-bond acceptors (Lipinski definition) is 0. The molecule has 0 N–H and O–H groups in total.